The quantitative estimate of drug-likeness (QED) is 0.684. The van der Waals surface area contributed by atoms with E-state index < -0.39 is 39.1 Å². The fraction of sp³-hybridized carbons (Fsp3) is 0.800. The molecule has 0 bridgehead atoms. The Morgan fingerprint density at radius 3 is 2.24 bits per heavy atom. The second-order valence-electron chi connectivity index (χ2n) is 4.09. The SMILES string of the molecule is CCC(C)NC(=O)CS(=O)(=O)C(C)CC(=O)O. The fourth-order valence-corrected chi connectivity index (χ4v) is 2.25. The average molecular weight is 265 g/mol. The zero-order valence-electron chi connectivity index (χ0n) is 10.3. The summed E-state index contributed by atoms with van der Waals surface area (Å²) >= 11 is 0. The van der Waals surface area contributed by atoms with E-state index in [2.05, 4.69) is 5.32 Å². The Balaban J connectivity index is 4.44. The molecular formula is C10H19NO5S. The molecule has 100 valence electrons. The molecule has 0 saturated heterocycles. The molecule has 2 atom stereocenters. The lowest BCUT2D eigenvalue weighted by atomic mass is 10.3. The van der Waals surface area contributed by atoms with Gasteiger partial charge in [-0.1, -0.05) is 6.92 Å². The number of aliphatic carboxylic acids is 1. The van der Waals surface area contributed by atoms with Crippen LogP contribution in [0, 0.1) is 0 Å². The molecule has 0 aromatic carbocycles. The van der Waals surface area contributed by atoms with Crippen LogP contribution in [0.5, 0.6) is 0 Å². The zero-order chi connectivity index (χ0) is 13.6. The summed E-state index contributed by atoms with van der Waals surface area (Å²) in [5, 5.41) is 9.98. The molecule has 2 unspecified atom stereocenters. The summed E-state index contributed by atoms with van der Waals surface area (Å²) in [5.41, 5.74) is 0. The summed E-state index contributed by atoms with van der Waals surface area (Å²) in [5.74, 6) is -2.44. The molecule has 0 aromatic rings. The summed E-state index contributed by atoms with van der Waals surface area (Å²) < 4.78 is 23.2. The first-order chi connectivity index (χ1) is 7.69. The maximum absolute atomic E-state index is 11.6. The predicted molar refractivity (Wildman–Crippen MR) is 63.4 cm³/mol. The van der Waals surface area contributed by atoms with Gasteiger partial charge in [0.2, 0.25) is 5.91 Å². The van der Waals surface area contributed by atoms with E-state index in [0.717, 1.165) is 0 Å². The number of hydrogen-bond acceptors (Lipinski definition) is 4. The van der Waals surface area contributed by atoms with Gasteiger partial charge >= 0.3 is 5.97 Å². The zero-order valence-corrected chi connectivity index (χ0v) is 11.1. The molecule has 0 aliphatic rings. The van der Waals surface area contributed by atoms with Gasteiger partial charge in [-0.2, -0.15) is 0 Å². The number of carboxylic acid groups (broad SMARTS) is 1. The maximum Gasteiger partial charge on any atom is 0.304 e. The van der Waals surface area contributed by atoms with Crippen molar-refractivity contribution in [1.82, 2.24) is 5.32 Å². The van der Waals surface area contributed by atoms with Gasteiger partial charge in [0, 0.05) is 6.04 Å². The maximum atomic E-state index is 11.6. The van der Waals surface area contributed by atoms with Crippen molar-refractivity contribution in [3.8, 4) is 0 Å². The van der Waals surface area contributed by atoms with Crippen LogP contribution in [-0.4, -0.2) is 42.4 Å². The van der Waals surface area contributed by atoms with Crippen LogP contribution in [-0.2, 0) is 19.4 Å². The third-order valence-electron chi connectivity index (χ3n) is 2.43. The van der Waals surface area contributed by atoms with E-state index in [1.54, 1.807) is 6.92 Å². The fourth-order valence-electron chi connectivity index (χ4n) is 1.12. The van der Waals surface area contributed by atoms with E-state index in [1.165, 1.54) is 6.92 Å². The van der Waals surface area contributed by atoms with E-state index in [9.17, 15) is 18.0 Å². The Bertz CT molecular complexity index is 376. The first kappa shape index (κ1) is 15.9. The molecule has 0 aromatic heterocycles. The van der Waals surface area contributed by atoms with Crippen molar-refractivity contribution in [3.63, 3.8) is 0 Å². The number of carbonyl (C=O) groups is 2. The summed E-state index contributed by atoms with van der Waals surface area (Å²) in [7, 11) is -3.70. The average Bonchev–Trinajstić information content (AvgIpc) is 2.15. The van der Waals surface area contributed by atoms with Gasteiger partial charge in [-0.3, -0.25) is 9.59 Å². The normalized spacial score (nSPS) is 15.0. The number of amides is 1. The van der Waals surface area contributed by atoms with E-state index in [0.29, 0.717) is 6.42 Å². The van der Waals surface area contributed by atoms with Crippen LogP contribution in [0.4, 0.5) is 0 Å². The molecule has 0 rings (SSSR count). The first-order valence-corrected chi connectivity index (χ1v) is 7.13. The number of sulfone groups is 1. The predicted octanol–water partition coefficient (Wildman–Crippen LogP) is 0.179. The Kier molecular flexibility index (Phi) is 6.15. The molecule has 17 heavy (non-hydrogen) atoms. The largest absolute Gasteiger partial charge is 0.481 e. The number of rotatable bonds is 7. The highest BCUT2D eigenvalue weighted by Gasteiger charge is 2.26. The monoisotopic (exact) mass is 265 g/mol. The van der Waals surface area contributed by atoms with E-state index in [-0.39, 0.29) is 6.04 Å². The van der Waals surface area contributed by atoms with Crippen molar-refractivity contribution in [2.24, 2.45) is 0 Å². The van der Waals surface area contributed by atoms with Crippen LogP contribution in [0.2, 0.25) is 0 Å². The molecule has 7 heteroatoms. The highest BCUT2D eigenvalue weighted by atomic mass is 32.2. The number of hydrogen-bond donors (Lipinski definition) is 2. The number of carbonyl (C=O) groups excluding carboxylic acids is 1. The third-order valence-corrected chi connectivity index (χ3v) is 4.48. The van der Waals surface area contributed by atoms with Crippen LogP contribution in [0.25, 0.3) is 0 Å². The van der Waals surface area contributed by atoms with Gasteiger partial charge in [0.25, 0.3) is 0 Å². The van der Waals surface area contributed by atoms with Crippen LogP contribution < -0.4 is 5.32 Å². The summed E-state index contributed by atoms with van der Waals surface area (Å²) in [6.07, 6.45) is 0.218. The summed E-state index contributed by atoms with van der Waals surface area (Å²) in [6.45, 7) is 4.93. The second-order valence-corrected chi connectivity index (χ2v) is 6.51. The van der Waals surface area contributed by atoms with Gasteiger partial charge in [0.1, 0.15) is 5.75 Å². The Morgan fingerprint density at radius 1 is 1.29 bits per heavy atom. The molecular weight excluding hydrogens is 246 g/mol. The van der Waals surface area contributed by atoms with Crippen LogP contribution >= 0.6 is 0 Å². The van der Waals surface area contributed by atoms with Crippen molar-refractivity contribution in [1.29, 1.82) is 0 Å². The van der Waals surface area contributed by atoms with Crippen LogP contribution in [0.1, 0.15) is 33.6 Å². The topological polar surface area (TPSA) is 101 Å². The van der Waals surface area contributed by atoms with Crippen LogP contribution in [0.3, 0.4) is 0 Å². The van der Waals surface area contributed by atoms with Gasteiger partial charge in [0.05, 0.1) is 11.7 Å². The summed E-state index contributed by atoms with van der Waals surface area (Å²) in [4.78, 5) is 21.8. The van der Waals surface area contributed by atoms with Crippen LogP contribution in [0.15, 0.2) is 0 Å². The number of carboxylic acids is 1. The molecule has 0 radical (unpaired) electrons. The van der Waals surface area contributed by atoms with Gasteiger partial charge in [-0.25, -0.2) is 8.42 Å². The first-order valence-electron chi connectivity index (χ1n) is 5.41. The molecule has 0 aliphatic heterocycles. The Hall–Kier alpha value is -1.11. The summed E-state index contributed by atoms with van der Waals surface area (Å²) in [6, 6.07) is -0.0903. The van der Waals surface area contributed by atoms with Crippen molar-refractivity contribution in [2.45, 2.75) is 44.9 Å². The second kappa shape index (κ2) is 6.58. The molecule has 0 fully saturated rings. The molecule has 0 saturated carbocycles. The van der Waals surface area contributed by atoms with E-state index >= 15 is 0 Å². The minimum atomic E-state index is -3.70. The number of nitrogens with one attached hydrogen (secondary N) is 1. The minimum absolute atomic E-state index is 0.0903. The van der Waals surface area contributed by atoms with Gasteiger partial charge in [0.15, 0.2) is 9.84 Å². The highest BCUT2D eigenvalue weighted by Crippen LogP contribution is 2.06. The van der Waals surface area contributed by atoms with Crippen molar-refractivity contribution in [3.05, 3.63) is 0 Å². The standard InChI is InChI=1S/C10H19NO5S/c1-4-7(2)11-9(12)6-17(15,16)8(3)5-10(13)14/h7-8H,4-6H2,1-3H3,(H,11,12)(H,13,14). The minimum Gasteiger partial charge on any atom is -0.481 e. The molecule has 0 aliphatic carbocycles. The van der Waals surface area contributed by atoms with E-state index in [4.69, 9.17) is 5.11 Å². The smallest absolute Gasteiger partial charge is 0.304 e. The lowest BCUT2D eigenvalue weighted by Gasteiger charge is -2.13. The van der Waals surface area contributed by atoms with Gasteiger partial charge in [-0.05, 0) is 20.3 Å². The highest BCUT2D eigenvalue weighted by molar-refractivity contribution is 7.92. The van der Waals surface area contributed by atoms with E-state index in [1.807, 2.05) is 6.92 Å². The third kappa shape index (κ3) is 6.25. The van der Waals surface area contributed by atoms with Gasteiger partial charge < -0.3 is 10.4 Å². The lowest BCUT2D eigenvalue weighted by Crippen LogP contribution is -2.38. The lowest BCUT2D eigenvalue weighted by molar-refractivity contribution is -0.137. The van der Waals surface area contributed by atoms with Crippen molar-refractivity contribution < 1.29 is 23.1 Å². The van der Waals surface area contributed by atoms with Crippen molar-refractivity contribution in [2.75, 3.05) is 5.75 Å². The molecule has 1 amide bonds. The Morgan fingerprint density at radius 2 is 1.82 bits per heavy atom. The molecule has 2 N–H and O–H groups in total. The molecule has 6 nitrogen and oxygen atoms in total. The van der Waals surface area contributed by atoms with Crippen molar-refractivity contribution >= 4 is 21.7 Å². The molecule has 0 spiro atoms. The Labute approximate surface area is 101 Å². The van der Waals surface area contributed by atoms with Gasteiger partial charge in [-0.15, -0.1) is 0 Å². The molecule has 0 heterocycles.